The van der Waals surface area contributed by atoms with Gasteiger partial charge in [-0.15, -0.1) is 5.10 Å². The summed E-state index contributed by atoms with van der Waals surface area (Å²) in [5, 5.41) is 8.41. The lowest BCUT2D eigenvalue weighted by Gasteiger charge is -2.19. The lowest BCUT2D eigenvalue weighted by molar-refractivity contribution is 0.0761. The maximum absolute atomic E-state index is 13.2. The molecule has 1 amide bonds. The minimum atomic E-state index is -0.287. The standard InChI is InChI=1S/C17H19FN4OS/c18-13-4-6-14(7-5-13)22-16(12-2-3-12)15(19-20-22)17(23)21-8-1-10-24-11-9-21/h4-7,12H,1-3,8-11H2. The molecule has 0 N–H and O–H groups in total. The molecule has 0 unspecified atom stereocenters. The molecule has 0 bridgehead atoms. The van der Waals surface area contributed by atoms with Gasteiger partial charge in [0.05, 0.1) is 11.4 Å². The largest absolute Gasteiger partial charge is 0.336 e. The molecule has 0 radical (unpaired) electrons. The number of halogens is 1. The highest BCUT2D eigenvalue weighted by molar-refractivity contribution is 7.99. The summed E-state index contributed by atoms with van der Waals surface area (Å²) in [6, 6.07) is 6.15. The Morgan fingerprint density at radius 2 is 1.96 bits per heavy atom. The monoisotopic (exact) mass is 346 g/mol. The third-order valence-electron chi connectivity index (χ3n) is 4.45. The van der Waals surface area contributed by atoms with Crippen molar-refractivity contribution in [3.63, 3.8) is 0 Å². The van der Waals surface area contributed by atoms with Gasteiger partial charge in [-0.2, -0.15) is 11.8 Å². The molecule has 1 aromatic heterocycles. The smallest absolute Gasteiger partial charge is 0.276 e. The van der Waals surface area contributed by atoms with Crippen LogP contribution in [0.4, 0.5) is 4.39 Å². The minimum absolute atomic E-state index is 0.0206. The Labute approximate surface area is 144 Å². The summed E-state index contributed by atoms with van der Waals surface area (Å²) in [5.41, 5.74) is 2.09. The van der Waals surface area contributed by atoms with Crippen molar-refractivity contribution in [2.45, 2.75) is 25.2 Å². The first-order chi connectivity index (χ1) is 11.7. The maximum atomic E-state index is 13.2. The highest BCUT2D eigenvalue weighted by Gasteiger charge is 2.35. The van der Waals surface area contributed by atoms with Gasteiger partial charge in [-0.3, -0.25) is 4.79 Å². The Morgan fingerprint density at radius 3 is 2.71 bits per heavy atom. The first-order valence-electron chi connectivity index (χ1n) is 8.32. The van der Waals surface area contributed by atoms with Crippen molar-refractivity contribution in [1.29, 1.82) is 0 Å². The molecule has 24 heavy (non-hydrogen) atoms. The summed E-state index contributed by atoms with van der Waals surface area (Å²) < 4.78 is 14.9. The van der Waals surface area contributed by atoms with Crippen molar-refractivity contribution >= 4 is 17.7 Å². The number of carbonyl (C=O) groups excluding carboxylic acids is 1. The van der Waals surface area contributed by atoms with Gasteiger partial charge >= 0.3 is 0 Å². The molecule has 2 heterocycles. The van der Waals surface area contributed by atoms with Crippen LogP contribution in [0, 0.1) is 5.82 Å². The van der Waals surface area contributed by atoms with E-state index in [0.717, 1.165) is 55.2 Å². The van der Waals surface area contributed by atoms with E-state index in [9.17, 15) is 9.18 Å². The summed E-state index contributed by atoms with van der Waals surface area (Å²) in [7, 11) is 0. The number of nitrogens with zero attached hydrogens (tertiary/aromatic N) is 4. The normalized spacial score (nSPS) is 18.5. The highest BCUT2D eigenvalue weighted by atomic mass is 32.2. The molecule has 1 saturated carbocycles. The van der Waals surface area contributed by atoms with Crippen LogP contribution < -0.4 is 0 Å². The molecule has 0 atom stereocenters. The van der Waals surface area contributed by atoms with Crippen LogP contribution in [0.25, 0.3) is 5.69 Å². The SMILES string of the molecule is O=C(c1nnn(-c2ccc(F)cc2)c1C1CC1)N1CCCSCC1. The average Bonchev–Trinajstić information content (AvgIpc) is 3.39. The molecular weight excluding hydrogens is 327 g/mol. The van der Waals surface area contributed by atoms with E-state index >= 15 is 0 Å². The quantitative estimate of drug-likeness (QED) is 0.857. The molecule has 5 nitrogen and oxygen atoms in total. The summed E-state index contributed by atoms with van der Waals surface area (Å²) in [6.07, 6.45) is 3.11. The van der Waals surface area contributed by atoms with E-state index in [0.29, 0.717) is 11.6 Å². The average molecular weight is 346 g/mol. The van der Waals surface area contributed by atoms with Crippen molar-refractivity contribution in [1.82, 2.24) is 19.9 Å². The van der Waals surface area contributed by atoms with Crippen molar-refractivity contribution in [2.75, 3.05) is 24.6 Å². The Kier molecular flexibility index (Phi) is 4.26. The van der Waals surface area contributed by atoms with Crippen molar-refractivity contribution < 1.29 is 9.18 Å². The van der Waals surface area contributed by atoms with Gasteiger partial charge in [-0.1, -0.05) is 5.21 Å². The van der Waals surface area contributed by atoms with E-state index in [1.807, 2.05) is 16.7 Å². The fourth-order valence-electron chi connectivity index (χ4n) is 3.04. The van der Waals surface area contributed by atoms with Gasteiger partial charge in [0.1, 0.15) is 5.82 Å². The number of thioether (sulfide) groups is 1. The molecule has 126 valence electrons. The van der Waals surface area contributed by atoms with Crippen LogP contribution in [-0.4, -0.2) is 50.4 Å². The van der Waals surface area contributed by atoms with E-state index in [1.54, 1.807) is 16.8 Å². The number of aromatic nitrogens is 3. The van der Waals surface area contributed by atoms with Crippen molar-refractivity contribution in [3.05, 3.63) is 41.5 Å². The van der Waals surface area contributed by atoms with Crippen LogP contribution >= 0.6 is 11.8 Å². The maximum Gasteiger partial charge on any atom is 0.276 e. The summed E-state index contributed by atoms with van der Waals surface area (Å²) >= 11 is 1.89. The molecule has 2 aromatic rings. The zero-order valence-corrected chi connectivity index (χ0v) is 14.1. The third kappa shape index (κ3) is 3.05. The van der Waals surface area contributed by atoms with Crippen LogP contribution in [0.15, 0.2) is 24.3 Å². The van der Waals surface area contributed by atoms with Gasteiger partial charge in [0.2, 0.25) is 0 Å². The number of amides is 1. The fourth-order valence-corrected chi connectivity index (χ4v) is 3.92. The first-order valence-corrected chi connectivity index (χ1v) is 9.48. The molecule has 2 aliphatic rings. The number of hydrogen-bond acceptors (Lipinski definition) is 4. The summed E-state index contributed by atoms with van der Waals surface area (Å²) in [6.45, 7) is 1.54. The second-order valence-corrected chi connectivity index (χ2v) is 7.47. The van der Waals surface area contributed by atoms with Gasteiger partial charge in [0, 0.05) is 24.8 Å². The molecule has 0 spiro atoms. The van der Waals surface area contributed by atoms with Gasteiger partial charge < -0.3 is 4.90 Å². The van der Waals surface area contributed by atoms with Gasteiger partial charge in [-0.25, -0.2) is 9.07 Å². The number of carbonyl (C=O) groups is 1. The number of rotatable bonds is 3. The lowest BCUT2D eigenvalue weighted by atomic mass is 10.2. The topological polar surface area (TPSA) is 51.0 Å². The molecule has 2 fully saturated rings. The predicted molar refractivity (Wildman–Crippen MR) is 91.1 cm³/mol. The lowest BCUT2D eigenvalue weighted by Crippen LogP contribution is -2.33. The van der Waals surface area contributed by atoms with Crippen LogP contribution in [0.5, 0.6) is 0 Å². The highest BCUT2D eigenvalue weighted by Crippen LogP contribution is 2.42. The van der Waals surface area contributed by atoms with E-state index < -0.39 is 0 Å². The Bertz CT molecular complexity index is 734. The molecule has 7 heteroatoms. The predicted octanol–water partition coefficient (Wildman–Crippen LogP) is 2.86. The van der Waals surface area contributed by atoms with Crippen molar-refractivity contribution in [3.8, 4) is 5.69 Å². The zero-order valence-electron chi connectivity index (χ0n) is 13.3. The van der Waals surface area contributed by atoms with Crippen LogP contribution in [0.2, 0.25) is 0 Å². The second-order valence-electron chi connectivity index (χ2n) is 6.24. The van der Waals surface area contributed by atoms with E-state index in [2.05, 4.69) is 10.3 Å². The van der Waals surface area contributed by atoms with Crippen molar-refractivity contribution in [2.24, 2.45) is 0 Å². The van der Waals surface area contributed by atoms with Crippen LogP contribution in [0.1, 0.15) is 41.4 Å². The molecule has 1 saturated heterocycles. The Balaban J connectivity index is 1.68. The van der Waals surface area contributed by atoms with Crippen LogP contribution in [-0.2, 0) is 0 Å². The van der Waals surface area contributed by atoms with E-state index in [-0.39, 0.29) is 11.7 Å². The molecule has 4 rings (SSSR count). The third-order valence-corrected chi connectivity index (χ3v) is 5.50. The van der Waals surface area contributed by atoms with E-state index in [4.69, 9.17) is 0 Å². The zero-order chi connectivity index (χ0) is 16.5. The molecular formula is C17H19FN4OS. The molecule has 1 aliphatic carbocycles. The number of hydrogen-bond donors (Lipinski definition) is 0. The number of benzene rings is 1. The minimum Gasteiger partial charge on any atom is -0.336 e. The second kappa shape index (κ2) is 6.55. The molecule has 1 aliphatic heterocycles. The van der Waals surface area contributed by atoms with Crippen LogP contribution in [0.3, 0.4) is 0 Å². The first kappa shape index (κ1) is 15.6. The summed E-state index contributed by atoms with van der Waals surface area (Å²) in [4.78, 5) is 14.8. The Hall–Kier alpha value is -1.89. The summed E-state index contributed by atoms with van der Waals surface area (Å²) in [5.74, 6) is 2.08. The Morgan fingerprint density at radius 1 is 1.17 bits per heavy atom. The van der Waals surface area contributed by atoms with E-state index in [1.165, 1.54) is 12.1 Å². The molecule has 1 aromatic carbocycles. The fraction of sp³-hybridized carbons (Fsp3) is 0.471. The van der Waals surface area contributed by atoms with Gasteiger partial charge in [0.25, 0.3) is 5.91 Å². The van der Waals surface area contributed by atoms with Gasteiger partial charge in [-0.05, 0) is 49.3 Å². The van der Waals surface area contributed by atoms with Gasteiger partial charge in [0.15, 0.2) is 5.69 Å².